The molecule has 0 saturated heterocycles. The zero-order chi connectivity index (χ0) is 16.4. The van der Waals surface area contributed by atoms with Crippen LogP contribution in [0.3, 0.4) is 0 Å². The molecule has 3 rings (SSSR count). The molecule has 0 aliphatic rings. The quantitative estimate of drug-likeness (QED) is 0.662. The van der Waals surface area contributed by atoms with E-state index in [1.54, 1.807) is 17.4 Å². The number of carbonyl (C=O) groups excluding carboxylic acids is 1. The number of thiocarbonyl (C=S) groups is 1. The summed E-state index contributed by atoms with van der Waals surface area (Å²) < 4.78 is 1.12. The maximum Gasteiger partial charge on any atom is 0.222 e. The lowest BCUT2D eigenvalue weighted by Gasteiger charge is -2.09. The molecule has 2 N–H and O–H groups in total. The molecule has 1 amide bonds. The van der Waals surface area contributed by atoms with Gasteiger partial charge in [0.1, 0.15) is 5.01 Å². The molecule has 2 aromatic carbocycles. The van der Waals surface area contributed by atoms with Crippen LogP contribution in [0, 0.1) is 0 Å². The van der Waals surface area contributed by atoms with Crippen LogP contribution in [-0.4, -0.2) is 16.0 Å². The van der Waals surface area contributed by atoms with Crippen LogP contribution in [0.25, 0.3) is 20.8 Å². The second kappa shape index (κ2) is 6.62. The summed E-state index contributed by atoms with van der Waals surface area (Å²) in [5.74, 6) is -0.223. The number of aromatic nitrogens is 1. The molecule has 0 spiro atoms. The van der Waals surface area contributed by atoms with Crippen molar-refractivity contribution in [1.29, 1.82) is 0 Å². The minimum absolute atomic E-state index is 0.223. The number of halogens is 1. The van der Waals surface area contributed by atoms with Crippen molar-refractivity contribution in [3.8, 4) is 10.6 Å². The third-order valence-corrected chi connectivity index (χ3v) is 4.63. The van der Waals surface area contributed by atoms with Crippen LogP contribution in [-0.2, 0) is 4.79 Å². The Balaban J connectivity index is 1.87. The number of nitrogens with one attached hydrogen (secondary N) is 2. The van der Waals surface area contributed by atoms with Gasteiger partial charge in [-0.1, -0.05) is 23.7 Å². The second-order valence-electron chi connectivity index (χ2n) is 4.82. The average molecular weight is 362 g/mol. The first-order chi connectivity index (χ1) is 11.0. The lowest BCUT2D eigenvalue weighted by molar-refractivity contribution is -0.117. The number of nitrogens with zero attached hydrogens (tertiary/aromatic N) is 1. The fourth-order valence-corrected chi connectivity index (χ4v) is 3.67. The molecule has 0 atom stereocenters. The normalized spacial score (nSPS) is 10.5. The van der Waals surface area contributed by atoms with Gasteiger partial charge in [-0.2, -0.15) is 0 Å². The summed E-state index contributed by atoms with van der Waals surface area (Å²) in [4.78, 5) is 15.6. The van der Waals surface area contributed by atoms with E-state index in [2.05, 4.69) is 15.6 Å². The second-order valence-corrected chi connectivity index (χ2v) is 6.66. The number of fused-ring (bicyclic) bond motifs is 1. The molecular formula is C16H12ClN3OS2. The molecule has 1 heterocycles. The summed E-state index contributed by atoms with van der Waals surface area (Å²) in [5, 5.41) is 7.09. The number of hydrogen-bond acceptors (Lipinski definition) is 4. The summed E-state index contributed by atoms with van der Waals surface area (Å²) in [6, 6.07) is 13.5. The van der Waals surface area contributed by atoms with Crippen molar-refractivity contribution >= 4 is 62.1 Å². The summed E-state index contributed by atoms with van der Waals surface area (Å²) in [6.45, 7) is 1.40. The summed E-state index contributed by atoms with van der Waals surface area (Å²) >= 11 is 13.0. The SMILES string of the molecule is CC(=O)NC(=S)Nc1ccc(-c2nc3ccccc3s2)c(Cl)c1. The van der Waals surface area contributed by atoms with Gasteiger partial charge in [0.2, 0.25) is 5.91 Å². The predicted octanol–water partition coefficient (Wildman–Crippen LogP) is 4.45. The van der Waals surface area contributed by atoms with Gasteiger partial charge in [0.25, 0.3) is 0 Å². The zero-order valence-corrected chi connectivity index (χ0v) is 14.5. The molecule has 116 valence electrons. The summed E-state index contributed by atoms with van der Waals surface area (Å²) in [7, 11) is 0. The number of rotatable bonds is 2. The average Bonchev–Trinajstić information content (AvgIpc) is 2.89. The number of amides is 1. The smallest absolute Gasteiger partial charge is 0.222 e. The molecular weight excluding hydrogens is 350 g/mol. The van der Waals surface area contributed by atoms with Crippen LogP contribution in [0.2, 0.25) is 5.02 Å². The van der Waals surface area contributed by atoms with Crippen LogP contribution in [0.5, 0.6) is 0 Å². The highest BCUT2D eigenvalue weighted by Crippen LogP contribution is 2.35. The molecule has 0 aliphatic carbocycles. The van der Waals surface area contributed by atoms with Gasteiger partial charge in [0.15, 0.2) is 5.11 Å². The van der Waals surface area contributed by atoms with Crippen molar-refractivity contribution in [3.63, 3.8) is 0 Å². The highest BCUT2D eigenvalue weighted by molar-refractivity contribution is 7.80. The number of hydrogen-bond donors (Lipinski definition) is 2. The number of thiazole rings is 1. The van der Waals surface area contributed by atoms with Crippen molar-refractivity contribution in [2.75, 3.05) is 5.32 Å². The third-order valence-electron chi connectivity index (χ3n) is 3.04. The van der Waals surface area contributed by atoms with E-state index in [9.17, 15) is 4.79 Å². The Morgan fingerprint density at radius 3 is 2.74 bits per heavy atom. The van der Waals surface area contributed by atoms with E-state index in [-0.39, 0.29) is 11.0 Å². The maximum absolute atomic E-state index is 11.0. The van der Waals surface area contributed by atoms with Crippen LogP contribution >= 0.6 is 35.2 Å². The standard InChI is InChI=1S/C16H12ClN3OS2/c1-9(21)18-16(22)19-10-6-7-11(12(17)8-10)15-20-13-4-2-3-5-14(13)23-15/h2-8H,1H3,(H2,18,19,21,22). The molecule has 1 aromatic heterocycles. The van der Waals surface area contributed by atoms with Crippen molar-refractivity contribution < 1.29 is 4.79 Å². The number of para-hydroxylation sites is 1. The Morgan fingerprint density at radius 1 is 1.26 bits per heavy atom. The van der Waals surface area contributed by atoms with Gasteiger partial charge in [0, 0.05) is 18.2 Å². The van der Waals surface area contributed by atoms with Crippen molar-refractivity contribution in [2.45, 2.75) is 6.92 Å². The molecule has 0 unspecified atom stereocenters. The minimum Gasteiger partial charge on any atom is -0.332 e. The first kappa shape index (κ1) is 15.9. The van der Waals surface area contributed by atoms with Gasteiger partial charge in [-0.15, -0.1) is 11.3 Å². The van der Waals surface area contributed by atoms with Crippen LogP contribution in [0.1, 0.15) is 6.92 Å². The monoisotopic (exact) mass is 361 g/mol. The van der Waals surface area contributed by atoms with E-state index in [4.69, 9.17) is 23.8 Å². The highest BCUT2D eigenvalue weighted by Gasteiger charge is 2.10. The van der Waals surface area contributed by atoms with Gasteiger partial charge in [0.05, 0.1) is 15.2 Å². The molecule has 7 heteroatoms. The van der Waals surface area contributed by atoms with E-state index in [0.717, 1.165) is 20.8 Å². The first-order valence-corrected chi connectivity index (χ1v) is 8.37. The summed E-state index contributed by atoms with van der Waals surface area (Å²) in [5.41, 5.74) is 2.53. The van der Waals surface area contributed by atoms with E-state index < -0.39 is 0 Å². The Bertz CT molecular complexity index is 874. The Kier molecular flexibility index (Phi) is 4.56. The van der Waals surface area contributed by atoms with Gasteiger partial charge in [-0.3, -0.25) is 4.79 Å². The van der Waals surface area contributed by atoms with E-state index in [0.29, 0.717) is 10.7 Å². The van der Waals surface area contributed by atoms with Gasteiger partial charge >= 0.3 is 0 Å². The Morgan fingerprint density at radius 2 is 2.04 bits per heavy atom. The van der Waals surface area contributed by atoms with Gasteiger partial charge in [-0.05, 0) is 42.5 Å². The molecule has 0 radical (unpaired) electrons. The van der Waals surface area contributed by atoms with Gasteiger partial charge < -0.3 is 10.6 Å². The van der Waals surface area contributed by atoms with Crippen LogP contribution < -0.4 is 10.6 Å². The predicted molar refractivity (Wildman–Crippen MR) is 100 cm³/mol. The third kappa shape index (κ3) is 3.67. The molecule has 0 aliphatic heterocycles. The summed E-state index contributed by atoms with van der Waals surface area (Å²) in [6.07, 6.45) is 0. The Labute approximate surface area is 147 Å². The molecule has 3 aromatic rings. The van der Waals surface area contributed by atoms with E-state index in [1.807, 2.05) is 36.4 Å². The lowest BCUT2D eigenvalue weighted by atomic mass is 10.2. The van der Waals surface area contributed by atoms with E-state index in [1.165, 1.54) is 6.92 Å². The van der Waals surface area contributed by atoms with Crippen LogP contribution in [0.4, 0.5) is 5.69 Å². The fourth-order valence-electron chi connectivity index (χ4n) is 2.08. The zero-order valence-electron chi connectivity index (χ0n) is 12.1. The van der Waals surface area contributed by atoms with Crippen LogP contribution in [0.15, 0.2) is 42.5 Å². The van der Waals surface area contributed by atoms with Crippen molar-refractivity contribution in [3.05, 3.63) is 47.5 Å². The molecule has 0 saturated carbocycles. The fraction of sp³-hybridized carbons (Fsp3) is 0.0625. The lowest BCUT2D eigenvalue weighted by Crippen LogP contribution is -2.32. The van der Waals surface area contributed by atoms with Gasteiger partial charge in [-0.25, -0.2) is 4.98 Å². The molecule has 0 bridgehead atoms. The maximum atomic E-state index is 11.0. The van der Waals surface area contributed by atoms with Crippen molar-refractivity contribution in [1.82, 2.24) is 10.3 Å². The number of benzene rings is 2. The Hall–Kier alpha value is -2.02. The highest BCUT2D eigenvalue weighted by atomic mass is 35.5. The first-order valence-electron chi connectivity index (χ1n) is 6.77. The molecule has 4 nitrogen and oxygen atoms in total. The number of anilines is 1. The topological polar surface area (TPSA) is 54.0 Å². The molecule has 0 fully saturated rings. The number of carbonyl (C=O) groups is 1. The largest absolute Gasteiger partial charge is 0.332 e. The van der Waals surface area contributed by atoms with E-state index >= 15 is 0 Å². The van der Waals surface area contributed by atoms with Crippen molar-refractivity contribution in [2.24, 2.45) is 0 Å². The molecule has 23 heavy (non-hydrogen) atoms. The minimum atomic E-state index is -0.223.